The Hall–Kier alpha value is -5.57. The number of hydrogen-bond donors (Lipinski definition) is 0. The first-order valence-corrected chi connectivity index (χ1v) is 15.7. The van der Waals surface area contributed by atoms with Gasteiger partial charge in [0.1, 0.15) is 11.7 Å². The molecule has 1 fully saturated rings. The number of rotatable bonds is 6. The molecule has 1 amide bonds. The van der Waals surface area contributed by atoms with Crippen LogP contribution in [0.4, 0.5) is 4.79 Å². The van der Waals surface area contributed by atoms with Crippen molar-refractivity contribution < 1.29 is 19.0 Å². The van der Waals surface area contributed by atoms with Crippen LogP contribution in [0, 0.1) is 0 Å². The molecule has 2 aromatic carbocycles. The first kappa shape index (κ1) is 30.1. The van der Waals surface area contributed by atoms with E-state index in [1.54, 1.807) is 17.3 Å². The normalized spacial score (nSPS) is 16.6. The number of para-hydroxylation sites is 2. The standard InChI is InChI=1S/C38H35N5O4/c1-38(2,3)47-37(44)43-17-16-31(45-34-14-12-27(21-41-34)29-18-25-8-4-6-10-32(25)39-23-29)20-36(43)46-35-15-13-28(22-42-35)30-19-26-9-5-7-11-33(26)40-24-30/h4-15,18-19,21-24,31,36H,16-17,20H2,1-3H3. The summed E-state index contributed by atoms with van der Waals surface area (Å²) in [5.41, 5.74) is 5.05. The average Bonchev–Trinajstić information content (AvgIpc) is 3.08. The van der Waals surface area contributed by atoms with Gasteiger partial charge in [-0.25, -0.2) is 14.8 Å². The topological polar surface area (TPSA) is 99.6 Å². The summed E-state index contributed by atoms with van der Waals surface area (Å²) in [5, 5.41) is 2.13. The van der Waals surface area contributed by atoms with Gasteiger partial charge in [-0.1, -0.05) is 36.4 Å². The van der Waals surface area contributed by atoms with Crippen molar-refractivity contribution in [3.63, 3.8) is 0 Å². The zero-order valence-corrected chi connectivity index (χ0v) is 26.5. The van der Waals surface area contributed by atoms with Crippen LogP contribution in [0.3, 0.4) is 0 Å². The van der Waals surface area contributed by atoms with Crippen molar-refractivity contribution in [1.29, 1.82) is 0 Å². The number of piperidine rings is 1. The minimum absolute atomic E-state index is 0.234. The molecule has 0 saturated carbocycles. The van der Waals surface area contributed by atoms with E-state index in [1.165, 1.54) is 0 Å². The first-order valence-electron chi connectivity index (χ1n) is 15.7. The number of likely N-dealkylation sites (tertiary alicyclic amines) is 1. The zero-order chi connectivity index (χ0) is 32.4. The van der Waals surface area contributed by atoms with Crippen LogP contribution in [-0.4, -0.2) is 55.4 Å². The zero-order valence-electron chi connectivity index (χ0n) is 26.5. The maximum Gasteiger partial charge on any atom is 0.413 e. The van der Waals surface area contributed by atoms with Gasteiger partial charge in [0.15, 0.2) is 6.23 Å². The fourth-order valence-corrected chi connectivity index (χ4v) is 5.65. The molecule has 0 bridgehead atoms. The lowest BCUT2D eigenvalue weighted by atomic mass is 10.1. The third-order valence-corrected chi connectivity index (χ3v) is 8.00. The second kappa shape index (κ2) is 12.7. The van der Waals surface area contributed by atoms with Crippen molar-refractivity contribution in [3.8, 4) is 34.0 Å². The van der Waals surface area contributed by atoms with Crippen LogP contribution < -0.4 is 9.47 Å². The summed E-state index contributed by atoms with van der Waals surface area (Å²) in [7, 11) is 0. The molecule has 7 rings (SSSR count). The summed E-state index contributed by atoms with van der Waals surface area (Å²) in [6.45, 7) is 5.94. The Bertz CT molecular complexity index is 2030. The van der Waals surface area contributed by atoms with E-state index in [9.17, 15) is 4.79 Å². The summed E-state index contributed by atoms with van der Waals surface area (Å²) in [4.78, 5) is 33.1. The highest BCUT2D eigenvalue weighted by Crippen LogP contribution is 2.29. The van der Waals surface area contributed by atoms with Crippen LogP contribution in [0.2, 0.25) is 0 Å². The fraction of sp³-hybridized carbons (Fsp3) is 0.237. The van der Waals surface area contributed by atoms with Crippen LogP contribution in [0.25, 0.3) is 44.1 Å². The predicted molar refractivity (Wildman–Crippen MR) is 181 cm³/mol. The van der Waals surface area contributed by atoms with Crippen LogP contribution >= 0.6 is 0 Å². The fourth-order valence-electron chi connectivity index (χ4n) is 5.65. The quantitative estimate of drug-likeness (QED) is 0.183. The SMILES string of the molecule is CC(C)(C)OC(=O)N1CCC(Oc2ccc(-c3cnc4ccccc4c3)cn2)CC1Oc1ccc(-c2cnc3ccccc3c2)cn1. The molecule has 1 aliphatic rings. The second-order valence-electron chi connectivity index (χ2n) is 12.6. The molecule has 2 unspecified atom stereocenters. The number of nitrogens with zero attached hydrogens (tertiary/aromatic N) is 5. The lowest BCUT2D eigenvalue weighted by Gasteiger charge is -2.39. The van der Waals surface area contributed by atoms with E-state index in [4.69, 9.17) is 14.2 Å². The summed E-state index contributed by atoms with van der Waals surface area (Å²) in [6, 6.07) is 27.8. The maximum absolute atomic E-state index is 13.2. The molecule has 0 radical (unpaired) electrons. The van der Waals surface area contributed by atoms with Gasteiger partial charge in [0.2, 0.25) is 11.8 Å². The predicted octanol–water partition coefficient (Wildman–Crippen LogP) is 8.09. The Morgan fingerprint density at radius 3 is 1.74 bits per heavy atom. The smallest absolute Gasteiger partial charge is 0.413 e. The lowest BCUT2D eigenvalue weighted by molar-refractivity contribution is -0.0588. The molecule has 2 atom stereocenters. The van der Waals surface area contributed by atoms with Gasteiger partial charge in [0.25, 0.3) is 0 Å². The maximum atomic E-state index is 13.2. The van der Waals surface area contributed by atoms with Gasteiger partial charge < -0.3 is 14.2 Å². The largest absolute Gasteiger partial charge is 0.474 e. The molecule has 0 spiro atoms. The van der Waals surface area contributed by atoms with E-state index in [2.05, 4.69) is 32.1 Å². The van der Waals surface area contributed by atoms with Gasteiger partial charge in [-0.05, 0) is 57.2 Å². The van der Waals surface area contributed by atoms with E-state index < -0.39 is 17.9 Å². The molecule has 236 valence electrons. The highest BCUT2D eigenvalue weighted by molar-refractivity contribution is 5.84. The monoisotopic (exact) mass is 625 g/mol. The van der Waals surface area contributed by atoms with Crippen LogP contribution in [-0.2, 0) is 4.74 Å². The average molecular weight is 626 g/mol. The Labute approximate surface area is 273 Å². The molecule has 9 heteroatoms. The molecule has 1 aliphatic heterocycles. The third kappa shape index (κ3) is 6.99. The number of pyridine rings is 4. The third-order valence-electron chi connectivity index (χ3n) is 8.00. The molecule has 47 heavy (non-hydrogen) atoms. The van der Waals surface area contributed by atoms with Crippen molar-refractivity contribution in [2.24, 2.45) is 0 Å². The van der Waals surface area contributed by atoms with Gasteiger partial charge in [-0.15, -0.1) is 0 Å². The van der Waals surface area contributed by atoms with Gasteiger partial charge in [-0.3, -0.25) is 14.9 Å². The van der Waals surface area contributed by atoms with Gasteiger partial charge >= 0.3 is 6.09 Å². The van der Waals surface area contributed by atoms with E-state index in [0.717, 1.165) is 44.1 Å². The summed E-state index contributed by atoms with van der Waals surface area (Å²) >= 11 is 0. The van der Waals surface area contributed by atoms with Crippen molar-refractivity contribution in [2.45, 2.75) is 51.5 Å². The summed E-state index contributed by atoms with van der Waals surface area (Å²) in [6.07, 6.45) is 6.93. The summed E-state index contributed by atoms with van der Waals surface area (Å²) < 4.78 is 18.4. The van der Waals surface area contributed by atoms with Gasteiger partial charge in [0.05, 0.1) is 11.0 Å². The molecule has 9 nitrogen and oxygen atoms in total. The Morgan fingerprint density at radius 1 is 0.681 bits per heavy atom. The minimum Gasteiger partial charge on any atom is -0.474 e. The molecule has 4 aromatic heterocycles. The van der Waals surface area contributed by atoms with Gasteiger partial charge in [0, 0.05) is 89.3 Å². The highest BCUT2D eigenvalue weighted by atomic mass is 16.6. The molecule has 0 N–H and O–H groups in total. The van der Waals surface area contributed by atoms with Crippen molar-refractivity contribution >= 4 is 27.9 Å². The van der Waals surface area contributed by atoms with E-state index in [0.29, 0.717) is 31.1 Å². The summed E-state index contributed by atoms with van der Waals surface area (Å²) in [5.74, 6) is 0.900. The van der Waals surface area contributed by atoms with Crippen LogP contribution in [0.15, 0.2) is 110 Å². The van der Waals surface area contributed by atoms with Crippen LogP contribution in [0.1, 0.15) is 33.6 Å². The number of aromatic nitrogens is 4. The highest BCUT2D eigenvalue weighted by Gasteiger charge is 2.37. The number of hydrogen-bond acceptors (Lipinski definition) is 8. The Kier molecular flexibility index (Phi) is 8.12. The molecule has 6 aromatic rings. The first-order chi connectivity index (χ1) is 22.8. The van der Waals surface area contributed by atoms with Crippen molar-refractivity contribution in [2.75, 3.05) is 6.54 Å². The molecule has 5 heterocycles. The molecular formula is C38H35N5O4. The number of benzene rings is 2. The van der Waals surface area contributed by atoms with Crippen molar-refractivity contribution in [1.82, 2.24) is 24.8 Å². The van der Waals surface area contributed by atoms with Crippen LogP contribution in [0.5, 0.6) is 11.8 Å². The second-order valence-corrected chi connectivity index (χ2v) is 12.6. The van der Waals surface area contributed by atoms with E-state index in [1.807, 2.05) is 106 Å². The number of ether oxygens (including phenoxy) is 3. The Morgan fingerprint density at radius 2 is 1.21 bits per heavy atom. The Balaban J connectivity index is 1.06. The lowest BCUT2D eigenvalue weighted by Crippen LogP contribution is -2.52. The van der Waals surface area contributed by atoms with E-state index >= 15 is 0 Å². The number of fused-ring (bicyclic) bond motifs is 2. The van der Waals surface area contributed by atoms with E-state index in [-0.39, 0.29) is 6.10 Å². The molecular weight excluding hydrogens is 590 g/mol. The number of carbonyl (C=O) groups excluding carboxylic acids is 1. The molecule has 0 aliphatic carbocycles. The molecule has 1 saturated heterocycles. The minimum atomic E-state index is -0.646. The van der Waals surface area contributed by atoms with Gasteiger partial charge in [-0.2, -0.15) is 0 Å². The number of amides is 1. The van der Waals surface area contributed by atoms with Crippen molar-refractivity contribution in [3.05, 3.63) is 110 Å². The number of carbonyl (C=O) groups is 1.